The minimum atomic E-state index is -0.408. The molecule has 120 valence electrons. The van der Waals surface area contributed by atoms with Crippen LogP contribution in [0.25, 0.3) is 10.8 Å². The lowest BCUT2D eigenvalue weighted by molar-refractivity contribution is -0.141. The third-order valence-electron chi connectivity index (χ3n) is 3.73. The topological polar surface area (TPSA) is 43.4 Å². The fraction of sp³-hybridized carbons (Fsp3) is 0.100. The van der Waals surface area contributed by atoms with Gasteiger partial charge >= 0.3 is 5.97 Å². The van der Waals surface area contributed by atoms with E-state index in [0.717, 1.165) is 20.8 Å². The highest BCUT2D eigenvalue weighted by atomic mass is 79.9. The van der Waals surface area contributed by atoms with Gasteiger partial charge in [-0.1, -0.05) is 70.5 Å². The van der Waals surface area contributed by atoms with Crippen LogP contribution in [0.15, 0.2) is 71.2 Å². The molecule has 0 saturated heterocycles. The van der Waals surface area contributed by atoms with Gasteiger partial charge in [-0.25, -0.2) is 0 Å². The number of fused-ring (bicyclic) bond motifs is 1. The number of rotatable bonds is 5. The highest BCUT2D eigenvalue weighted by Gasteiger charge is 2.12. The number of hydrogen-bond acceptors (Lipinski definition) is 3. The molecule has 4 heteroatoms. The Morgan fingerprint density at radius 1 is 0.917 bits per heavy atom. The summed E-state index contributed by atoms with van der Waals surface area (Å²) in [6.07, 6.45) is 0.146. The van der Waals surface area contributed by atoms with Gasteiger partial charge in [0.1, 0.15) is 0 Å². The summed E-state index contributed by atoms with van der Waals surface area (Å²) in [7, 11) is 0. The van der Waals surface area contributed by atoms with E-state index in [9.17, 15) is 9.59 Å². The van der Waals surface area contributed by atoms with Crippen LogP contribution < -0.4 is 0 Å². The fourth-order valence-electron chi connectivity index (χ4n) is 2.54. The Morgan fingerprint density at radius 3 is 2.50 bits per heavy atom. The van der Waals surface area contributed by atoms with Crippen molar-refractivity contribution < 1.29 is 14.3 Å². The molecule has 0 aromatic heterocycles. The van der Waals surface area contributed by atoms with E-state index in [0.29, 0.717) is 5.56 Å². The number of carbonyl (C=O) groups is 2. The summed E-state index contributed by atoms with van der Waals surface area (Å²) in [5, 5.41) is 2.10. The van der Waals surface area contributed by atoms with Crippen LogP contribution in [0.3, 0.4) is 0 Å². The molecule has 3 rings (SSSR count). The van der Waals surface area contributed by atoms with Crippen LogP contribution >= 0.6 is 15.9 Å². The van der Waals surface area contributed by atoms with E-state index in [2.05, 4.69) is 15.9 Å². The summed E-state index contributed by atoms with van der Waals surface area (Å²) < 4.78 is 5.96. The van der Waals surface area contributed by atoms with Crippen molar-refractivity contribution in [3.63, 3.8) is 0 Å². The molecule has 0 fully saturated rings. The quantitative estimate of drug-likeness (QED) is 0.479. The molecule has 0 radical (unpaired) electrons. The molecule has 0 amide bonds. The standard InChI is InChI=1S/C20H15BrO3/c21-17-9-4-8-16(11-17)19(22)13-24-20(23)12-15-7-3-6-14-5-1-2-10-18(14)15/h1-11H,12-13H2. The Bertz CT molecular complexity index is 897. The molecule has 0 heterocycles. The number of benzene rings is 3. The molecule has 3 nitrogen and oxygen atoms in total. The lowest BCUT2D eigenvalue weighted by Gasteiger charge is -2.07. The van der Waals surface area contributed by atoms with Gasteiger partial charge in [-0.3, -0.25) is 9.59 Å². The average Bonchev–Trinajstić information content (AvgIpc) is 2.60. The van der Waals surface area contributed by atoms with Crippen LogP contribution in [0.5, 0.6) is 0 Å². The second kappa shape index (κ2) is 7.41. The van der Waals surface area contributed by atoms with Crippen LogP contribution in [-0.2, 0) is 16.0 Å². The number of carbonyl (C=O) groups excluding carboxylic acids is 2. The first-order valence-corrected chi connectivity index (χ1v) is 8.34. The minimum Gasteiger partial charge on any atom is -0.457 e. The second-order valence-corrected chi connectivity index (χ2v) is 6.32. The van der Waals surface area contributed by atoms with E-state index in [1.54, 1.807) is 18.2 Å². The maximum atomic E-state index is 12.1. The number of ketones is 1. The molecule has 0 atom stereocenters. The Morgan fingerprint density at radius 2 is 1.67 bits per heavy atom. The smallest absolute Gasteiger partial charge is 0.310 e. The Hall–Kier alpha value is -2.46. The maximum absolute atomic E-state index is 12.1. The molecule has 3 aromatic rings. The first kappa shape index (κ1) is 16.4. The van der Waals surface area contributed by atoms with E-state index in [-0.39, 0.29) is 18.8 Å². The van der Waals surface area contributed by atoms with Crippen molar-refractivity contribution in [1.29, 1.82) is 0 Å². The van der Waals surface area contributed by atoms with Crippen molar-refractivity contribution in [1.82, 2.24) is 0 Å². The summed E-state index contributed by atoms with van der Waals surface area (Å²) in [4.78, 5) is 24.1. The normalized spacial score (nSPS) is 10.5. The highest BCUT2D eigenvalue weighted by Crippen LogP contribution is 2.19. The van der Waals surface area contributed by atoms with Gasteiger partial charge in [0.25, 0.3) is 0 Å². The zero-order chi connectivity index (χ0) is 16.9. The molecular weight excluding hydrogens is 368 g/mol. The van der Waals surface area contributed by atoms with E-state index in [4.69, 9.17) is 4.74 Å². The van der Waals surface area contributed by atoms with Crippen molar-refractivity contribution in [3.05, 3.63) is 82.3 Å². The summed E-state index contributed by atoms with van der Waals surface area (Å²) >= 11 is 3.32. The summed E-state index contributed by atoms with van der Waals surface area (Å²) in [6, 6.07) is 20.7. The first-order chi connectivity index (χ1) is 11.6. The van der Waals surface area contributed by atoms with Crippen molar-refractivity contribution in [2.75, 3.05) is 6.61 Å². The SMILES string of the molecule is O=C(Cc1cccc2ccccc12)OCC(=O)c1cccc(Br)c1. The summed E-state index contributed by atoms with van der Waals surface area (Å²) in [5.41, 5.74) is 1.41. The summed E-state index contributed by atoms with van der Waals surface area (Å²) in [6.45, 7) is -0.250. The van der Waals surface area contributed by atoms with Crippen molar-refractivity contribution in [3.8, 4) is 0 Å². The van der Waals surface area contributed by atoms with Crippen LogP contribution in [-0.4, -0.2) is 18.4 Å². The van der Waals surface area contributed by atoms with Gasteiger partial charge in [-0.2, -0.15) is 0 Å². The number of ether oxygens (including phenoxy) is 1. The molecule has 0 unspecified atom stereocenters. The number of esters is 1. The summed E-state index contributed by atoms with van der Waals surface area (Å²) in [5.74, 6) is -0.628. The van der Waals surface area contributed by atoms with Crippen LogP contribution in [0.2, 0.25) is 0 Å². The fourth-order valence-corrected chi connectivity index (χ4v) is 2.94. The average molecular weight is 383 g/mol. The zero-order valence-electron chi connectivity index (χ0n) is 12.9. The first-order valence-electron chi connectivity index (χ1n) is 7.54. The van der Waals surface area contributed by atoms with Gasteiger partial charge < -0.3 is 4.74 Å². The predicted molar refractivity (Wildman–Crippen MR) is 97.1 cm³/mol. The van der Waals surface area contributed by atoms with Crippen molar-refractivity contribution in [2.45, 2.75) is 6.42 Å². The van der Waals surface area contributed by atoms with Crippen LogP contribution in [0.4, 0.5) is 0 Å². The van der Waals surface area contributed by atoms with Gasteiger partial charge in [0, 0.05) is 10.0 Å². The van der Waals surface area contributed by atoms with Gasteiger partial charge in [0.15, 0.2) is 12.4 Å². The molecule has 0 aliphatic heterocycles. The maximum Gasteiger partial charge on any atom is 0.310 e. The van der Waals surface area contributed by atoms with Crippen LogP contribution in [0, 0.1) is 0 Å². The lowest BCUT2D eigenvalue weighted by Crippen LogP contribution is -2.15. The molecular formula is C20H15BrO3. The number of hydrogen-bond donors (Lipinski definition) is 0. The Balaban J connectivity index is 1.64. The molecule has 0 aliphatic rings. The Kier molecular flexibility index (Phi) is 5.06. The molecule has 0 aliphatic carbocycles. The van der Waals surface area contributed by atoms with Gasteiger partial charge in [0.05, 0.1) is 6.42 Å². The second-order valence-electron chi connectivity index (χ2n) is 5.41. The molecule has 0 saturated carbocycles. The number of Topliss-reactive ketones (excluding diaryl/α,β-unsaturated/α-hetero) is 1. The minimum absolute atomic E-state index is 0.146. The molecule has 0 spiro atoms. The highest BCUT2D eigenvalue weighted by molar-refractivity contribution is 9.10. The van der Waals surface area contributed by atoms with E-state index < -0.39 is 5.97 Å². The van der Waals surface area contributed by atoms with Gasteiger partial charge in [0.2, 0.25) is 0 Å². The molecule has 0 bridgehead atoms. The van der Waals surface area contributed by atoms with Gasteiger partial charge in [-0.15, -0.1) is 0 Å². The molecule has 0 N–H and O–H groups in total. The van der Waals surface area contributed by atoms with Crippen LogP contribution in [0.1, 0.15) is 15.9 Å². The molecule has 24 heavy (non-hydrogen) atoms. The largest absolute Gasteiger partial charge is 0.457 e. The van der Waals surface area contributed by atoms with Crippen molar-refractivity contribution in [2.24, 2.45) is 0 Å². The van der Waals surface area contributed by atoms with E-state index in [1.165, 1.54) is 0 Å². The lowest BCUT2D eigenvalue weighted by atomic mass is 10.0. The monoisotopic (exact) mass is 382 g/mol. The third-order valence-corrected chi connectivity index (χ3v) is 4.22. The zero-order valence-corrected chi connectivity index (χ0v) is 14.5. The van der Waals surface area contributed by atoms with E-state index in [1.807, 2.05) is 48.5 Å². The molecule has 3 aromatic carbocycles. The third kappa shape index (κ3) is 3.89. The number of halogens is 1. The predicted octanol–water partition coefficient (Wildman–Crippen LogP) is 4.57. The van der Waals surface area contributed by atoms with E-state index >= 15 is 0 Å². The van der Waals surface area contributed by atoms with Crippen molar-refractivity contribution >= 4 is 38.5 Å². The van der Waals surface area contributed by atoms with Gasteiger partial charge in [-0.05, 0) is 28.5 Å². The Labute approximate surface area is 148 Å².